The van der Waals surface area contributed by atoms with Crippen molar-refractivity contribution in [3.63, 3.8) is 0 Å². The van der Waals surface area contributed by atoms with E-state index in [1.165, 1.54) is 131 Å². The first kappa shape index (κ1) is 80.0. The Balaban J connectivity index is 0.000000122. The summed E-state index contributed by atoms with van der Waals surface area (Å²) in [5, 5.41) is 7.68. The third-order valence-electron chi connectivity index (χ3n) is 28.4. The average Bonchev–Trinajstić information content (AvgIpc) is 1.72. The maximum absolute atomic E-state index is 12.5. The standard InChI is InChI=1S/C24H35ClN2O4.2C23H32N2O.C20H29ClN2O3/c1-4-31-23(28)27-18-6-8-19(16-20(27)9-7-18)26-13-11-24(30-3,12-14-26)21-15-17(25)5-10-22(21)29-2;2*26-23(19-6-7-19)24-15-17-2-1-3-20(13-17)18-8-10-25(11-9-18)22-14-16-4-5-21(22)12-16;1-3-26-20(24)23-12-8-17(9-13-23)22-10-6-15(7-11-22)18-14-16(21)4-5-19(18)25-2/h5,10,15,18-20H,4,6-9,11-14,16H2,1-3H3;2*1-3,13,16,18-19,21-22H,4-12,14-15H2,(H,24,26);4-5,14-15,17H,3,6-13H2,1-2H3. The van der Waals surface area contributed by atoms with Crippen molar-refractivity contribution in [3.8, 4) is 11.5 Å². The molecule has 596 valence electrons. The van der Waals surface area contributed by atoms with Gasteiger partial charge in [0.15, 0.2) is 0 Å². The molecule has 17 nitrogen and oxygen atoms in total. The van der Waals surface area contributed by atoms with Crippen LogP contribution in [-0.4, -0.2) is 190 Å². The number of benzene rings is 4. The zero-order valence-corrected chi connectivity index (χ0v) is 67.9. The van der Waals surface area contributed by atoms with Gasteiger partial charge in [0.25, 0.3) is 0 Å². The van der Waals surface area contributed by atoms with Crippen molar-refractivity contribution < 1.29 is 42.9 Å². The van der Waals surface area contributed by atoms with Gasteiger partial charge in [0.2, 0.25) is 11.8 Å². The first-order valence-electron chi connectivity index (χ1n) is 42.9. The van der Waals surface area contributed by atoms with E-state index in [1.807, 2.05) is 54.0 Å². The summed E-state index contributed by atoms with van der Waals surface area (Å²) in [6.07, 6.45) is 32.7. The number of hydrogen-bond donors (Lipinski definition) is 2. The monoisotopic (exact) mass is 1530 g/mol. The molecule has 9 unspecified atom stereocenters. The minimum Gasteiger partial charge on any atom is -0.496 e. The Morgan fingerprint density at radius 1 is 0.440 bits per heavy atom. The molecule has 6 aliphatic carbocycles. The number of hydrogen-bond acceptors (Lipinski definition) is 13. The third kappa shape index (κ3) is 19.9. The van der Waals surface area contributed by atoms with E-state index in [1.54, 1.807) is 21.3 Å². The highest BCUT2D eigenvalue weighted by molar-refractivity contribution is 6.31. The molecule has 0 aromatic heterocycles. The van der Waals surface area contributed by atoms with E-state index in [0.29, 0.717) is 85.1 Å². The van der Waals surface area contributed by atoms with Crippen LogP contribution in [0.2, 0.25) is 10.0 Å². The fraction of sp³-hybridized carbons (Fsp3) is 0.689. The molecule has 0 spiro atoms. The number of fused-ring (bicyclic) bond motifs is 6. The molecule has 4 aromatic rings. The molecule has 17 rings (SSSR count). The lowest BCUT2D eigenvalue weighted by atomic mass is 9.82. The van der Waals surface area contributed by atoms with Gasteiger partial charge >= 0.3 is 12.2 Å². The maximum atomic E-state index is 12.5. The molecule has 4 aromatic carbocycles. The molecular formula is C90H128Cl2N8O9. The van der Waals surface area contributed by atoms with Crippen LogP contribution >= 0.6 is 23.2 Å². The molecule has 4 amide bonds. The summed E-state index contributed by atoms with van der Waals surface area (Å²) in [4.78, 5) is 62.8. The largest absolute Gasteiger partial charge is 0.496 e. The number of nitrogens with one attached hydrogen (secondary N) is 2. The van der Waals surface area contributed by atoms with Gasteiger partial charge in [-0.3, -0.25) is 9.59 Å². The van der Waals surface area contributed by atoms with E-state index in [-0.39, 0.29) is 29.6 Å². The number of methoxy groups -OCH3 is 3. The summed E-state index contributed by atoms with van der Waals surface area (Å²) in [5.74, 6) is 8.87. The number of carbonyl (C=O) groups excluding carboxylic acids is 4. The molecule has 9 atom stereocenters. The second-order valence-electron chi connectivity index (χ2n) is 34.7. The van der Waals surface area contributed by atoms with E-state index in [0.717, 1.165) is 193 Å². The fourth-order valence-electron chi connectivity index (χ4n) is 21.9. The third-order valence-corrected chi connectivity index (χ3v) is 28.9. The van der Waals surface area contributed by atoms with Gasteiger partial charge in [0.1, 0.15) is 11.5 Å². The van der Waals surface area contributed by atoms with E-state index in [9.17, 15) is 19.2 Å². The minimum atomic E-state index is -0.382. The van der Waals surface area contributed by atoms with E-state index >= 15 is 0 Å². The quantitative estimate of drug-likeness (QED) is 0.0915. The van der Waals surface area contributed by atoms with Gasteiger partial charge in [0.05, 0.1) is 33.0 Å². The predicted octanol–water partition coefficient (Wildman–Crippen LogP) is 17.1. The van der Waals surface area contributed by atoms with Crippen LogP contribution in [0.3, 0.4) is 0 Å². The summed E-state index contributed by atoms with van der Waals surface area (Å²) in [6.45, 7) is 16.8. The van der Waals surface area contributed by atoms with Crippen molar-refractivity contribution in [1.82, 2.24) is 40.0 Å². The number of likely N-dealkylation sites (tertiary alicyclic amines) is 5. The Hall–Kier alpha value is -5.66. The first-order chi connectivity index (χ1) is 53.1. The molecule has 19 heteroatoms. The van der Waals surface area contributed by atoms with Crippen LogP contribution < -0.4 is 20.1 Å². The Morgan fingerprint density at radius 2 is 0.917 bits per heavy atom. The average molecular weight is 1540 g/mol. The second-order valence-corrected chi connectivity index (χ2v) is 35.6. The van der Waals surface area contributed by atoms with Crippen molar-refractivity contribution in [2.24, 2.45) is 35.5 Å². The van der Waals surface area contributed by atoms with Crippen LogP contribution in [-0.2, 0) is 42.5 Å². The zero-order valence-electron chi connectivity index (χ0n) is 66.3. The van der Waals surface area contributed by atoms with Gasteiger partial charge in [-0.2, -0.15) is 0 Å². The molecule has 7 saturated heterocycles. The number of rotatable bonds is 19. The van der Waals surface area contributed by atoms with Crippen LogP contribution in [0.25, 0.3) is 0 Å². The van der Waals surface area contributed by atoms with Gasteiger partial charge in [-0.25, -0.2) is 9.59 Å². The smallest absolute Gasteiger partial charge is 0.410 e. The van der Waals surface area contributed by atoms with Crippen molar-refractivity contribution >= 4 is 47.2 Å². The number of ether oxygens (including phenoxy) is 5. The molecule has 6 bridgehead atoms. The normalized spacial score (nSPS) is 28.2. The SMILES string of the molecule is CCOC(=O)N1C2CCC(N3CCC(OC)(c4cc(Cl)ccc4OC)CC3)CC1CC2.CCOC(=O)N1CCC(N2CCC(c3cc(Cl)ccc3OC)CC2)CC1.O=C(NCc1cccc(C2CCN(C3CC4CCC3C4)CC2)c1)C1CC1.O=C(NCc1cccc(C2CCN(C3CC4CCC3C4)CC2)c1)C1CC1. The summed E-state index contributed by atoms with van der Waals surface area (Å²) in [5.41, 5.74) is 7.37. The van der Waals surface area contributed by atoms with Gasteiger partial charge in [0, 0.05) is 110 Å². The van der Waals surface area contributed by atoms with Crippen LogP contribution in [0.15, 0.2) is 84.9 Å². The van der Waals surface area contributed by atoms with Crippen LogP contribution in [0, 0.1) is 35.5 Å². The summed E-state index contributed by atoms with van der Waals surface area (Å²) >= 11 is 12.5. The minimum absolute atomic E-state index is 0.124. The Bertz CT molecular complexity index is 3530. The lowest BCUT2D eigenvalue weighted by Crippen LogP contribution is -2.49. The maximum Gasteiger partial charge on any atom is 0.410 e. The van der Waals surface area contributed by atoms with Crippen LogP contribution in [0.5, 0.6) is 11.5 Å². The second kappa shape index (κ2) is 37.5. The molecule has 2 N–H and O–H groups in total. The van der Waals surface area contributed by atoms with Crippen LogP contribution in [0.4, 0.5) is 9.59 Å². The number of halogens is 2. The fourth-order valence-corrected chi connectivity index (χ4v) is 22.3. The van der Waals surface area contributed by atoms with Gasteiger partial charge < -0.3 is 63.7 Å². The summed E-state index contributed by atoms with van der Waals surface area (Å²) < 4.78 is 27.7. The molecular weight excluding hydrogens is 1410 g/mol. The highest BCUT2D eigenvalue weighted by Gasteiger charge is 2.48. The Morgan fingerprint density at radius 3 is 1.40 bits per heavy atom. The highest BCUT2D eigenvalue weighted by Crippen LogP contribution is 2.50. The number of carbonyl (C=O) groups is 4. The number of nitrogens with zero attached hydrogens (tertiary/aromatic N) is 6. The first-order valence-corrected chi connectivity index (χ1v) is 43.7. The number of piperidine rings is 5. The molecule has 109 heavy (non-hydrogen) atoms. The lowest BCUT2D eigenvalue weighted by molar-refractivity contribution is -0.123. The van der Waals surface area contributed by atoms with Crippen molar-refractivity contribution in [2.45, 2.75) is 260 Å². The topological polar surface area (TPSA) is 158 Å². The van der Waals surface area contributed by atoms with E-state index < -0.39 is 0 Å². The molecule has 6 saturated carbocycles. The lowest BCUT2D eigenvalue weighted by Gasteiger charge is -2.44. The Kier molecular flexibility index (Phi) is 27.5. The van der Waals surface area contributed by atoms with Gasteiger partial charge in [-0.15, -0.1) is 0 Å². The summed E-state index contributed by atoms with van der Waals surface area (Å²) in [6, 6.07) is 33.1. The van der Waals surface area contributed by atoms with Gasteiger partial charge in [-0.1, -0.05) is 84.6 Å². The van der Waals surface area contributed by atoms with E-state index in [2.05, 4.69) is 84.8 Å². The van der Waals surface area contributed by atoms with Crippen LogP contribution in [0.1, 0.15) is 238 Å². The number of amides is 4. The zero-order chi connectivity index (χ0) is 75.5. The predicted molar refractivity (Wildman–Crippen MR) is 432 cm³/mol. The molecule has 7 aliphatic heterocycles. The van der Waals surface area contributed by atoms with Crippen molar-refractivity contribution in [3.05, 3.63) is 128 Å². The van der Waals surface area contributed by atoms with E-state index in [4.69, 9.17) is 46.9 Å². The van der Waals surface area contributed by atoms with Crippen molar-refractivity contribution in [1.29, 1.82) is 0 Å². The molecule has 13 fully saturated rings. The molecule has 0 radical (unpaired) electrons. The highest BCUT2D eigenvalue weighted by atomic mass is 35.5. The van der Waals surface area contributed by atoms with Crippen molar-refractivity contribution in [2.75, 3.05) is 100.0 Å². The summed E-state index contributed by atoms with van der Waals surface area (Å²) in [7, 11) is 5.21. The van der Waals surface area contributed by atoms with Gasteiger partial charge in [-0.05, 0) is 319 Å². The Labute approximate surface area is 661 Å². The molecule has 7 heterocycles. The molecule has 13 aliphatic rings.